The Bertz CT molecular complexity index is 395. The number of primary amides is 1. The highest BCUT2D eigenvalue weighted by Gasteiger charge is 2.22. The molecule has 1 aromatic carbocycles. The molecule has 0 fully saturated rings. The number of carbonyl (C=O) groups excluding carboxylic acids is 1. The number of aryl methyl sites for hydroxylation is 1. The highest BCUT2D eigenvalue weighted by Crippen LogP contribution is 2.28. The number of benzene rings is 1. The molecule has 2 unspecified atom stereocenters. The van der Waals surface area contributed by atoms with Gasteiger partial charge in [-0.1, -0.05) is 29.8 Å². The Morgan fingerprint density at radius 3 is 2.69 bits per heavy atom. The topological polar surface area (TPSA) is 83.6 Å². The maximum atomic E-state index is 10.6. The van der Waals surface area contributed by atoms with E-state index in [4.69, 9.17) is 17.3 Å². The summed E-state index contributed by atoms with van der Waals surface area (Å²) in [6.07, 6.45) is -2.75. The van der Waals surface area contributed by atoms with Gasteiger partial charge in [-0.2, -0.15) is 0 Å². The van der Waals surface area contributed by atoms with Crippen LogP contribution in [-0.4, -0.2) is 22.2 Å². The number of carbonyl (C=O) groups is 1. The van der Waals surface area contributed by atoms with Crippen molar-refractivity contribution in [2.24, 2.45) is 5.73 Å². The van der Waals surface area contributed by atoms with E-state index in [0.717, 1.165) is 5.56 Å². The Balaban J connectivity index is 2.91. The zero-order valence-electron chi connectivity index (χ0n) is 8.85. The quantitative estimate of drug-likeness (QED) is 0.735. The molecule has 1 rings (SSSR count). The molecule has 2 atom stereocenters. The van der Waals surface area contributed by atoms with Crippen LogP contribution in [0.5, 0.6) is 0 Å². The van der Waals surface area contributed by atoms with E-state index < -0.39 is 18.1 Å². The lowest BCUT2D eigenvalue weighted by Crippen LogP contribution is -2.25. The van der Waals surface area contributed by atoms with Crippen molar-refractivity contribution < 1.29 is 15.0 Å². The molecule has 0 bridgehead atoms. The van der Waals surface area contributed by atoms with Gasteiger partial charge in [0.2, 0.25) is 5.91 Å². The van der Waals surface area contributed by atoms with Gasteiger partial charge < -0.3 is 15.9 Å². The number of aliphatic hydroxyl groups excluding tert-OH is 2. The van der Waals surface area contributed by atoms with Gasteiger partial charge in [0.15, 0.2) is 0 Å². The van der Waals surface area contributed by atoms with Crippen molar-refractivity contribution in [1.29, 1.82) is 0 Å². The Hall–Kier alpha value is -1.10. The maximum absolute atomic E-state index is 10.6. The average molecular weight is 244 g/mol. The van der Waals surface area contributed by atoms with Crippen molar-refractivity contribution in [3.05, 3.63) is 34.3 Å². The van der Waals surface area contributed by atoms with Gasteiger partial charge in [-0.15, -0.1) is 0 Å². The minimum absolute atomic E-state index is 0.300. The van der Waals surface area contributed by atoms with Gasteiger partial charge in [-0.3, -0.25) is 4.79 Å². The number of aliphatic hydroxyl groups is 2. The molecule has 4 nitrogen and oxygen atoms in total. The largest absolute Gasteiger partial charge is 0.390 e. The molecular formula is C11H14ClNO3. The molecule has 0 aliphatic heterocycles. The Labute approximate surface area is 98.6 Å². The Morgan fingerprint density at radius 2 is 2.12 bits per heavy atom. The van der Waals surface area contributed by atoms with Crippen LogP contribution < -0.4 is 5.73 Å². The van der Waals surface area contributed by atoms with E-state index in [1.165, 1.54) is 0 Å². The first kappa shape index (κ1) is 13.0. The summed E-state index contributed by atoms with van der Waals surface area (Å²) in [4.78, 5) is 10.6. The van der Waals surface area contributed by atoms with Crippen LogP contribution in [0.4, 0.5) is 0 Å². The number of nitrogens with two attached hydrogens (primary N) is 1. The van der Waals surface area contributed by atoms with E-state index in [9.17, 15) is 15.0 Å². The summed E-state index contributed by atoms with van der Waals surface area (Å²) in [6.45, 7) is 1.79. The lowest BCUT2D eigenvalue weighted by Gasteiger charge is -2.18. The van der Waals surface area contributed by atoms with Gasteiger partial charge >= 0.3 is 0 Å². The molecular weight excluding hydrogens is 230 g/mol. The second kappa shape index (κ2) is 5.30. The van der Waals surface area contributed by atoms with Crippen molar-refractivity contribution in [3.63, 3.8) is 0 Å². The van der Waals surface area contributed by atoms with Gasteiger partial charge in [0.25, 0.3) is 0 Å². The van der Waals surface area contributed by atoms with Crippen LogP contribution in [0, 0.1) is 6.92 Å². The second-order valence-electron chi connectivity index (χ2n) is 3.66. The standard InChI is InChI=1S/C11H14ClNO3/c1-6-3-2-4-7(10(6)12)11(16)8(14)5-9(13)15/h2-4,8,11,14,16H,5H2,1H3,(H2,13,15). The number of halogens is 1. The summed E-state index contributed by atoms with van der Waals surface area (Å²) in [7, 11) is 0. The van der Waals surface area contributed by atoms with E-state index in [2.05, 4.69) is 0 Å². The Kier molecular flexibility index (Phi) is 4.29. The van der Waals surface area contributed by atoms with Crippen LogP contribution in [0.3, 0.4) is 0 Å². The van der Waals surface area contributed by atoms with E-state index in [1.54, 1.807) is 25.1 Å². The van der Waals surface area contributed by atoms with Crippen molar-refractivity contribution in [3.8, 4) is 0 Å². The third-order valence-corrected chi connectivity index (χ3v) is 2.83. The maximum Gasteiger partial charge on any atom is 0.220 e. The molecule has 5 heteroatoms. The van der Waals surface area contributed by atoms with Crippen LogP contribution in [-0.2, 0) is 4.79 Å². The monoisotopic (exact) mass is 243 g/mol. The molecule has 0 radical (unpaired) electrons. The molecule has 0 aliphatic rings. The van der Waals surface area contributed by atoms with Gasteiger partial charge in [0.05, 0.1) is 12.5 Å². The lowest BCUT2D eigenvalue weighted by molar-refractivity contribution is -0.121. The summed E-state index contributed by atoms with van der Waals surface area (Å²) < 4.78 is 0. The third-order valence-electron chi connectivity index (χ3n) is 2.32. The predicted molar refractivity (Wildman–Crippen MR) is 61.0 cm³/mol. The smallest absolute Gasteiger partial charge is 0.220 e. The highest BCUT2D eigenvalue weighted by atomic mass is 35.5. The van der Waals surface area contributed by atoms with E-state index in [-0.39, 0.29) is 6.42 Å². The molecule has 4 N–H and O–H groups in total. The first-order chi connectivity index (χ1) is 7.43. The van der Waals surface area contributed by atoms with Gasteiger partial charge in [0, 0.05) is 10.6 Å². The van der Waals surface area contributed by atoms with Crippen molar-refractivity contribution >= 4 is 17.5 Å². The summed E-state index contributed by atoms with van der Waals surface area (Å²) >= 11 is 5.98. The van der Waals surface area contributed by atoms with Crippen molar-refractivity contribution in [2.45, 2.75) is 25.6 Å². The minimum Gasteiger partial charge on any atom is -0.390 e. The van der Waals surface area contributed by atoms with Crippen molar-refractivity contribution in [1.82, 2.24) is 0 Å². The zero-order valence-corrected chi connectivity index (χ0v) is 9.61. The SMILES string of the molecule is Cc1cccc(C(O)C(O)CC(N)=O)c1Cl. The molecule has 88 valence electrons. The molecule has 0 aromatic heterocycles. The second-order valence-corrected chi connectivity index (χ2v) is 4.04. The minimum atomic E-state index is -1.24. The van der Waals surface area contributed by atoms with E-state index >= 15 is 0 Å². The van der Waals surface area contributed by atoms with Crippen LogP contribution in [0.15, 0.2) is 18.2 Å². The molecule has 0 aliphatic carbocycles. The van der Waals surface area contributed by atoms with Gasteiger partial charge in [0.1, 0.15) is 6.10 Å². The molecule has 0 spiro atoms. The summed E-state index contributed by atoms with van der Waals surface area (Å²) in [6, 6.07) is 5.11. The average Bonchev–Trinajstić information content (AvgIpc) is 2.20. The van der Waals surface area contributed by atoms with Gasteiger partial charge in [-0.25, -0.2) is 0 Å². The van der Waals surface area contributed by atoms with Crippen LogP contribution in [0.2, 0.25) is 5.02 Å². The fraction of sp³-hybridized carbons (Fsp3) is 0.364. The molecule has 0 saturated carbocycles. The van der Waals surface area contributed by atoms with E-state index in [0.29, 0.717) is 10.6 Å². The lowest BCUT2D eigenvalue weighted by atomic mass is 10.00. The summed E-state index contributed by atoms with van der Waals surface area (Å²) in [5.41, 5.74) is 6.13. The summed E-state index contributed by atoms with van der Waals surface area (Å²) in [5, 5.41) is 19.7. The highest BCUT2D eigenvalue weighted by molar-refractivity contribution is 6.32. The first-order valence-electron chi connectivity index (χ1n) is 4.83. The third kappa shape index (κ3) is 2.95. The number of rotatable bonds is 4. The van der Waals surface area contributed by atoms with E-state index in [1.807, 2.05) is 0 Å². The molecule has 0 saturated heterocycles. The number of amides is 1. The van der Waals surface area contributed by atoms with Crippen LogP contribution in [0.25, 0.3) is 0 Å². The number of hydrogen-bond donors (Lipinski definition) is 3. The number of hydrogen-bond acceptors (Lipinski definition) is 3. The van der Waals surface area contributed by atoms with Crippen molar-refractivity contribution in [2.75, 3.05) is 0 Å². The van der Waals surface area contributed by atoms with Crippen LogP contribution >= 0.6 is 11.6 Å². The fourth-order valence-corrected chi connectivity index (χ4v) is 1.66. The Morgan fingerprint density at radius 1 is 1.50 bits per heavy atom. The summed E-state index contributed by atoms with van der Waals surface area (Å²) in [5.74, 6) is -0.671. The molecule has 16 heavy (non-hydrogen) atoms. The normalized spacial score (nSPS) is 14.5. The van der Waals surface area contributed by atoms with Crippen LogP contribution in [0.1, 0.15) is 23.7 Å². The predicted octanol–water partition coefficient (Wildman–Crippen LogP) is 0.918. The molecule has 0 heterocycles. The van der Waals surface area contributed by atoms with Gasteiger partial charge in [-0.05, 0) is 12.5 Å². The molecule has 1 aromatic rings. The zero-order chi connectivity index (χ0) is 12.3. The molecule has 1 amide bonds. The fourth-order valence-electron chi connectivity index (χ4n) is 1.42. The first-order valence-corrected chi connectivity index (χ1v) is 5.20.